The van der Waals surface area contributed by atoms with Gasteiger partial charge < -0.3 is 20.4 Å². The van der Waals surface area contributed by atoms with Crippen molar-refractivity contribution < 1.29 is 18.3 Å². The predicted octanol–water partition coefficient (Wildman–Crippen LogP) is 7.11. The molecular formula is C26H28ClF2N3O2. The molecule has 3 N–H and O–H groups in total. The molecule has 2 aliphatic rings. The third-order valence-electron chi connectivity index (χ3n) is 7.18. The molecule has 1 aliphatic heterocycles. The maximum Gasteiger partial charge on any atom is 0.407 e. The van der Waals surface area contributed by atoms with Gasteiger partial charge in [-0.1, -0.05) is 49.6 Å². The molecule has 1 fully saturated rings. The highest BCUT2D eigenvalue weighted by Gasteiger charge is 2.45. The Kier molecular flexibility index (Phi) is 5.71. The van der Waals surface area contributed by atoms with Crippen LogP contribution in [0.3, 0.4) is 0 Å². The Morgan fingerprint density at radius 3 is 2.71 bits per heavy atom. The first-order valence-corrected chi connectivity index (χ1v) is 12.1. The molecule has 1 aliphatic carbocycles. The van der Waals surface area contributed by atoms with E-state index in [0.717, 1.165) is 25.7 Å². The second kappa shape index (κ2) is 8.45. The molecule has 2 aromatic carbocycles. The lowest BCUT2D eigenvalue weighted by molar-refractivity contribution is 0.0448. The molecule has 0 radical (unpaired) electrons. The van der Waals surface area contributed by atoms with Gasteiger partial charge in [0.25, 0.3) is 0 Å². The number of benzene rings is 2. The smallest absolute Gasteiger partial charge is 0.407 e. The van der Waals surface area contributed by atoms with Crippen LogP contribution < -0.4 is 10.6 Å². The molecule has 180 valence electrons. The van der Waals surface area contributed by atoms with Gasteiger partial charge in [0.15, 0.2) is 0 Å². The van der Waals surface area contributed by atoms with E-state index in [4.69, 9.17) is 16.3 Å². The van der Waals surface area contributed by atoms with Crippen LogP contribution in [0.15, 0.2) is 30.5 Å². The van der Waals surface area contributed by atoms with Crippen molar-refractivity contribution in [3.63, 3.8) is 0 Å². The molecule has 0 spiro atoms. The summed E-state index contributed by atoms with van der Waals surface area (Å²) in [4.78, 5) is 15.7. The number of ether oxygens (including phenoxy) is 1. The zero-order valence-corrected chi connectivity index (χ0v) is 20.2. The predicted molar refractivity (Wildman–Crippen MR) is 130 cm³/mol. The highest BCUT2D eigenvalue weighted by Crippen LogP contribution is 2.46. The number of rotatable bonds is 3. The van der Waals surface area contributed by atoms with E-state index in [0.29, 0.717) is 32.7 Å². The molecule has 1 saturated carbocycles. The fraction of sp³-hybridized carbons (Fsp3) is 0.423. The summed E-state index contributed by atoms with van der Waals surface area (Å²) >= 11 is 6.23. The number of halogens is 3. The highest BCUT2D eigenvalue weighted by molar-refractivity contribution is 6.36. The summed E-state index contributed by atoms with van der Waals surface area (Å²) in [5, 5.41) is 7.30. The number of para-hydroxylation sites is 1. The normalized spacial score (nSPS) is 21.8. The zero-order valence-electron chi connectivity index (χ0n) is 19.4. The van der Waals surface area contributed by atoms with Crippen LogP contribution in [0, 0.1) is 11.6 Å². The molecule has 2 atom stereocenters. The van der Waals surface area contributed by atoms with Crippen molar-refractivity contribution in [2.75, 3.05) is 5.32 Å². The number of carbonyl (C=O) groups excluding carboxylic acids is 1. The fourth-order valence-corrected chi connectivity index (χ4v) is 5.80. The number of hydrogen-bond donors (Lipinski definition) is 3. The molecule has 2 heterocycles. The largest absolute Gasteiger partial charge is 0.443 e. The van der Waals surface area contributed by atoms with Gasteiger partial charge in [-0.05, 0) is 32.8 Å². The maximum absolute atomic E-state index is 16.1. The van der Waals surface area contributed by atoms with Crippen LogP contribution in [0.4, 0.5) is 19.3 Å². The molecule has 5 rings (SSSR count). The Morgan fingerprint density at radius 1 is 1.24 bits per heavy atom. The Labute approximate surface area is 202 Å². The first kappa shape index (κ1) is 23.0. The first-order valence-electron chi connectivity index (χ1n) is 11.7. The van der Waals surface area contributed by atoms with E-state index >= 15 is 8.78 Å². The molecule has 1 amide bonds. The number of aromatic nitrogens is 1. The Morgan fingerprint density at radius 2 is 1.97 bits per heavy atom. The lowest BCUT2D eigenvalue weighted by Gasteiger charge is -2.44. The van der Waals surface area contributed by atoms with E-state index in [9.17, 15) is 4.79 Å². The SMILES string of the molecule is CC1c2c(cc(F)c(-c3cccc4c(Cl)c[nH]c34)c2F)NC(C)(C)C1OC(=O)NC1CCCC1. The number of anilines is 1. The van der Waals surface area contributed by atoms with Crippen molar-refractivity contribution in [2.24, 2.45) is 0 Å². The Hall–Kier alpha value is -2.80. The van der Waals surface area contributed by atoms with Crippen molar-refractivity contribution in [1.82, 2.24) is 10.3 Å². The summed E-state index contributed by atoms with van der Waals surface area (Å²) < 4.78 is 37.3. The molecule has 0 saturated heterocycles. The van der Waals surface area contributed by atoms with Crippen molar-refractivity contribution in [3.8, 4) is 11.1 Å². The van der Waals surface area contributed by atoms with Crippen molar-refractivity contribution in [3.05, 3.63) is 52.7 Å². The number of nitrogens with one attached hydrogen (secondary N) is 3. The van der Waals surface area contributed by atoms with Crippen molar-refractivity contribution in [2.45, 2.75) is 70.1 Å². The van der Waals surface area contributed by atoms with Gasteiger partial charge in [-0.25, -0.2) is 13.6 Å². The minimum atomic E-state index is -0.729. The zero-order chi connectivity index (χ0) is 24.2. The molecule has 3 aromatic rings. The molecule has 5 nitrogen and oxygen atoms in total. The standard InChI is InChI=1S/C26H28ClF2N3O2/c1-13-20-19(32-26(2,3)24(13)34-25(33)31-14-7-4-5-8-14)11-18(28)21(22(20)29)16-10-6-9-15-17(27)12-30-23(15)16/h6,9-14,24,30,32H,4-5,7-8H2,1-3H3,(H,31,33). The van der Waals surface area contributed by atoms with Crippen molar-refractivity contribution in [1.29, 1.82) is 0 Å². The number of carbonyl (C=O) groups is 1. The van der Waals surface area contributed by atoms with E-state index in [1.807, 2.05) is 20.8 Å². The van der Waals surface area contributed by atoms with Crippen LogP contribution in [0.2, 0.25) is 5.02 Å². The topological polar surface area (TPSA) is 66.1 Å². The molecule has 8 heteroatoms. The van der Waals surface area contributed by atoms with Crippen LogP contribution in [-0.4, -0.2) is 28.8 Å². The van der Waals surface area contributed by atoms with Gasteiger partial charge in [0.2, 0.25) is 0 Å². The van der Waals surface area contributed by atoms with Crippen LogP contribution in [-0.2, 0) is 4.74 Å². The average molecular weight is 488 g/mol. The summed E-state index contributed by atoms with van der Waals surface area (Å²) in [6.07, 6.45) is 4.48. The summed E-state index contributed by atoms with van der Waals surface area (Å²) in [6, 6.07) is 6.62. The minimum Gasteiger partial charge on any atom is -0.443 e. The summed E-state index contributed by atoms with van der Waals surface area (Å²) in [5.41, 5.74) is 0.743. The van der Waals surface area contributed by atoms with E-state index in [1.54, 1.807) is 24.4 Å². The van der Waals surface area contributed by atoms with Gasteiger partial charge in [0.05, 0.1) is 21.6 Å². The van der Waals surface area contributed by atoms with Gasteiger partial charge in [-0.15, -0.1) is 0 Å². The Balaban J connectivity index is 1.54. The minimum absolute atomic E-state index is 0.111. The van der Waals surface area contributed by atoms with Crippen LogP contribution in [0.1, 0.15) is 57.9 Å². The fourth-order valence-electron chi connectivity index (χ4n) is 5.59. The van der Waals surface area contributed by atoms with E-state index in [1.165, 1.54) is 6.07 Å². The third-order valence-corrected chi connectivity index (χ3v) is 7.49. The molecular weight excluding hydrogens is 460 g/mol. The number of alkyl carbamates (subject to hydrolysis) is 1. The number of hydrogen-bond acceptors (Lipinski definition) is 3. The van der Waals surface area contributed by atoms with Gasteiger partial charge in [-0.3, -0.25) is 0 Å². The summed E-state index contributed by atoms with van der Waals surface area (Å²) in [7, 11) is 0. The van der Waals surface area contributed by atoms with Gasteiger partial charge in [-0.2, -0.15) is 0 Å². The lowest BCUT2D eigenvalue weighted by atomic mass is 9.77. The molecule has 1 aromatic heterocycles. The highest BCUT2D eigenvalue weighted by atomic mass is 35.5. The quantitative estimate of drug-likeness (QED) is 0.368. The maximum atomic E-state index is 16.1. The number of H-pyrrole nitrogens is 1. The van der Waals surface area contributed by atoms with Gasteiger partial charge in [0.1, 0.15) is 17.7 Å². The second-order valence-corrected chi connectivity index (χ2v) is 10.4. The Bertz CT molecular complexity index is 1270. The van der Waals surface area contributed by atoms with Crippen LogP contribution in [0.25, 0.3) is 22.0 Å². The van der Waals surface area contributed by atoms with E-state index in [-0.39, 0.29) is 11.6 Å². The van der Waals surface area contributed by atoms with Crippen molar-refractivity contribution >= 4 is 34.3 Å². The van der Waals surface area contributed by atoms with E-state index < -0.39 is 35.3 Å². The van der Waals surface area contributed by atoms with E-state index in [2.05, 4.69) is 15.6 Å². The molecule has 34 heavy (non-hydrogen) atoms. The van der Waals surface area contributed by atoms with Crippen LogP contribution in [0.5, 0.6) is 0 Å². The number of fused-ring (bicyclic) bond motifs is 2. The summed E-state index contributed by atoms with van der Waals surface area (Å²) in [6.45, 7) is 5.54. The number of aromatic amines is 1. The van der Waals surface area contributed by atoms with Crippen LogP contribution >= 0.6 is 11.6 Å². The summed E-state index contributed by atoms with van der Waals surface area (Å²) in [5.74, 6) is -1.86. The lowest BCUT2D eigenvalue weighted by Crippen LogP contribution is -2.53. The third kappa shape index (κ3) is 3.80. The monoisotopic (exact) mass is 487 g/mol. The number of amides is 1. The molecule has 0 bridgehead atoms. The average Bonchev–Trinajstić information content (AvgIpc) is 3.41. The first-order chi connectivity index (χ1) is 16.2. The van der Waals surface area contributed by atoms with Gasteiger partial charge >= 0.3 is 6.09 Å². The van der Waals surface area contributed by atoms with Gasteiger partial charge in [0, 0.05) is 40.4 Å². The molecule has 2 unspecified atom stereocenters. The second-order valence-electron chi connectivity index (χ2n) is 9.96.